The lowest BCUT2D eigenvalue weighted by Gasteiger charge is -2.24. The second kappa shape index (κ2) is 8.96. The lowest BCUT2D eigenvalue weighted by atomic mass is 10.2. The number of carbonyl (C=O) groups excluding carboxylic acids is 2. The molecule has 1 aromatic heterocycles. The summed E-state index contributed by atoms with van der Waals surface area (Å²) in [5.41, 5.74) is 1.97. The number of benzene rings is 2. The molecule has 0 aliphatic carbocycles. The fraction of sp³-hybridized carbons (Fsp3) is 0.227. The molecule has 7 heteroatoms. The van der Waals surface area contributed by atoms with E-state index in [1.165, 1.54) is 12.1 Å². The highest BCUT2D eigenvalue weighted by atomic mass is 32.1. The standard InChI is InChI=1S/C22H21FN2O3S/c1-4-25(18-8-6-5-7-9-18)21(26)15(3)28-22(27)19-14(2)24-20(29-19)16-10-12-17(23)13-11-16/h5-13,15H,4H2,1-3H3/t15-/m1/s1. The predicted octanol–water partition coefficient (Wildman–Crippen LogP) is 4.86. The smallest absolute Gasteiger partial charge is 0.351 e. The van der Waals surface area contributed by atoms with E-state index in [0.717, 1.165) is 17.0 Å². The molecule has 0 unspecified atom stereocenters. The van der Waals surface area contributed by atoms with E-state index in [-0.39, 0.29) is 11.7 Å². The highest BCUT2D eigenvalue weighted by molar-refractivity contribution is 7.17. The van der Waals surface area contributed by atoms with Crippen molar-refractivity contribution < 1.29 is 18.7 Å². The Bertz CT molecular complexity index is 1000. The number of aryl methyl sites for hydroxylation is 1. The molecule has 0 fully saturated rings. The maximum Gasteiger partial charge on any atom is 0.351 e. The summed E-state index contributed by atoms with van der Waals surface area (Å²) in [6.45, 7) is 5.58. The first-order chi connectivity index (χ1) is 13.9. The van der Waals surface area contributed by atoms with Crippen LogP contribution in [0, 0.1) is 12.7 Å². The Balaban J connectivity index is 1.74. The van der Waals surface area contributed by atoms with E-state index >= 15 is 0 Å². The number of carbonyl (C=O) groups is 2. The van der Waals surface area contributed by atoms with Gasteiger partial charge in [-0.25, -0.2) is 14.2 Å². The van der Waals surface area contributed by atoms with Gasteiger partial charge in [-0.05, 0) is 57.2 Å². The van der Waals surface area contributed by atoms with Gasteiger partial charge in [-0.2, -0.15) is 0 Å². The van der Waals surface area contributed by atoms with E-state index in [1.807, 2.05) is 37.3 Å². The van der Waals surface area contributed by atoms with Crippen LogP contribution in [-0.2, 0) is 9.53 Å². The van der Waals surface area contributed by atoms with Crippen LogP contribution in [0.3, 0.4) is 0 Å². The minimum absolute atomic E-state index is 0.298. The predicted molar refractivity (Wildman–Crippen MR) is 112 cm³/mol. The van der Waals surface area contributed by atoms with Gasteiger partial charge in [0.25, 0.3) is 5.91 Å². The summed E-state index contributed by atoms with van der Waals surface area (Å²) in [7, 11) is 0. The Hall–Kier alpha value is -3.06. The fourth-order valence-electron chi connectivity index (χ4n) is 2.86. The average Bonchev–Trinajstić information content (AvgIpc) is 3.11. The van der Waals surface area contributed by atoms with E-state index in [4.69, 9.17) is 4.74 Å². The maximum absolute atomic E-state index is 13.1. The first-order valence-electron chi connectivity index (χ1n) is 9.21. The summed E-state index contributed by atoms with van der Waals surface area (Å²) in [6, 6.07) is 15.1. The molecule has 0 saturated heterocycles. The van der Waals surface area contributed by atoms with Crippen molar-refractivity contribution >= 4 is 28.9 Å². The number of nitrogens with zero attached hydrogens (tertiary/aromatic N) is 2. The van der Waals surface area contributed by atoms with E-state index < -0.39 is 12.1 Å². The molecule has 0 radical (unpaired) electrons. The van der Waals surface area contributed by atoms with Crippen molar-refractivity contribution in [3.05, 3.63) is 71.0 Å². The number of anilines is 1. The molecule has 0 N–H and O–H groups in total. The summed E-state index contributed by atoms with van der Waals surface area (Å²) in [6.07, 6.45) is -0.946. The molecule has 1 heterocycles. The van der Waals surface area contributed by atoms with Gasteiger partial charge in [0, 0.05) is 17.8 Å². The Morgan fingerprint density at radius 2 is 1.79 bits per heavy atom. The van der Waals surface area contributed by atoms with Gasteiger partial charge in [0.2, 0.25) is 0 Å². The number of hydrogen-bond acceptors (Lipinski definition) is 5. The Morgan fingerprint density at radius 3 is 2.41 bits per heavy atom. The van der Waals surface area contributed by atoms with Crippen molar-refractivity contribution in [3.63, 3.8) is 0 Å². The van der Waals surface area contributed by atoms with Crippen molar-refractivity contribution in [2.24, 2.45) is 0 Å². The van der Waals surface area contributed by atoms with Crippen molar-refractivity contribution in [1.29, 1.82) is 0 Å². The van der Waals surface area contributed by atoms with Crippen LogP contribution in [0.4, 0.5) is 10.1 Å². The summed E-state index contributed by atoms with van der Waals surface area (Å²) < 4.78 is 18.6. The molecule has 3 aromatic rings. The largest absolute Gasteiger partial charge is 0.448 e. The van der Waals surface area contributed by atoms with E-state index in [1.54, 1.807) is 30.9 Å². The zero-order chi connectivity index (χ0) is 21.0. The van der Waals surface area contributed by atoms with Gasteiger partial charge in [0.05, 0.1) is 5.69 Å². The number of hydrogen-bond donors (Lipinski definition) is 0. The van der Waals surface area contributed by atoms with Crippen LogP contribution in [0.5, 0.6) is 0 Å². The molecule has 0 bridgehead atoms. The number of amides is 1. The highest BCUT2D eigenvalue weighted by Crippen LogP contribution is 2.29. The van der Waals surface area contributed by atoms with E-state index in [2.05, 4.69) is 4.98 Å². The molecule has 150 valence electrons. The Labute approximate surface area is 172 Å². The maximum atomic E-state index is 13.1. The zero-order valence-electron chi connectivity index (χ0n) is 16.4. The molecule has 0 aliphatic rings. The van der Waals surface area contributed by atoms with Gasteiger partial charge in [0.15, 0.2) is 6.10 Å². The quantitative estimate of drug-likeness (QED) is 0.543. The molecule has 0 aliphatic heterocycles. The lowest BCUT2D eigenvalue weighted by molar-refractivity contribution is -0.126. The van der Waals surface area contributed by atoms with Crippen LogP contribution in [0.15, 0.2) is 54.6 Å². The van der Waals surface area contributed by atoms with E-state index in [0.29, 0.717) is 27.7 Å². The minimum atomic E-state index is -0.946. The van der Waals surface area contributed by atoms with Gasteiger partial charge in [0.1, 0.15) is 15.7 Å². The molecule has 3 rings (SSSR count). The van der Waals surface area contributed by atoms with Crippen molar-refractivity contribution in [3.8, 4) is 10.6 Å². The fourth-order valence-corrected chi connectivity index (χ4v) is 3.81. The van der Waals surface area contributed by atoms with Crippen LogP contribution in [-0.4, -0.2) is 29.5 Å². The average molecular weight is 412 g/mol. The lowest BCUT2D eigenvalue weighted by Crippen LogP contribution is -2.40. The molecule has 1 amide bonds. The summed E-state index contributed by atoms with van der Waals surface area (Å²) in [5, 5.41) is 0.591. The Morgan fingerprint density at radius 1 is 1.14 bits per heavy atom. The third kappa shape index (κ3) is 4.68. The number of likely N-dealkylation sites (N-methyl/N-ethyl adjacent to an activating group) is 1. The molecule has 5 nitrogen and oxygen atoms in total. The number of thiazole rings is 1. The monoisotopic (exact) mass is 412 g/mol. The number of rotatable bonds is 6. The topological polar surface area (TPSA) is 59.5 Å². The summed E-state index contributed by atoms with van der Waals surface area (Å²) >= 11 is 1.16. The van der Waals surface area contributed by atoms with Crippen molar-refractivity contribution in [2.45, 2.75) is 26.9 Å². The van der Waals surface area contributed by atoms with Gasteiger partial charge in [-0.3, -0.25) is 4.79 Å². The van der Waals surface area contributed by atoms with E-state index in [9.17, 15) is 14.0 Å². The number of halogens is 1. The third-order valence-electron chi connectivity index (χ3n) is 4.35. The molecular formula is C22H21FN2O3S. The van der Waals surface area contributed by atoms with Crippen LogP contribution in [0.2, 0.25) is 0 Å². The highest BCUT2D eigenvalue weighted by Gasteiger charge is 2.26. The zero-order valence-corrected chi connectivity index (χ0v) is 17.2. The van der Waals surface area contributed by atoms with Gasteiger partial charge < -0.3 is 9.64 Å². The number of ether oxygens (including phenoxy) is 1. The van der Waals surface area contributed by atoms with Crippen LogP contribution < -0.4 is 4.90 Å². The van der Waals surface area contributed by atoms with Gasteiger partial charge in [-0.15, -0.1) is 11.3 Å². The molecule has 0 saturated carbocycles. The van der Waals surface area contributed by atoms with Crippen LogP contribution in [0.25, 0.3) is 10.6 Å². The van der Waals surface area contributed by atoms with Crippen LogP contribution >= 0.6 is 11.3 Å². The van der Waals surface area contributed by atoms with Crippen molar-refractivity contribution in [2.75, 3.05) is 11.4 Å². The van der Waals surface area contributed by atoms with Crippen LogP contribution in [0.1, 0.15) is 29.2 Å². The molecule has 2 aromatic carbocycles. The second-order valence-electron chi connectivity index (χ2n) is 6.41. The molecule has 0 spiro atoms. The number of aromatic nitrogens is 1. The number of esters is 1. The first-order valence-corrected chi connectivity index (χ1v) is 10.0. The second-order valence-corrected chi connectivity index (χ2v) is 7.41. The third-order valence-corrected chi connectivity index (χ3v) is 5.54. The minimum Gasteiger partial charge on any atom is -0.448 e. The first kappa shape index (κ1) is 20.7. The Kier molecular flexibility index (Phi) is 6.39. The number of para-hydroxylation sites is 1. The summed E-state index contributed by atoms with van der Waals surface area (Å²) in [5.74, 6) is -1.24. The van der Waals surface area contributed by atoms with Gasteiger partial charge >= 0.3 is 5.97 Å². The summed E-state index contributed by atoms with van der Waals surface area (Å²) in [4.78, 5) is 31.7. The van der Waals surface area contributed by atoms with Gasteiger partial charge in [-0.1, -0.05) is 18.2 Å². The SMILES string of the molecule is CCN(C(=O)[C@@H](C)OC(=O)c1sc(-c2ccc(F)cc2)nc1C)c1ccccc1. The normalized spacial score (nSPS) is 11.7. The molecule has 1 atom stereocenters. The molecule has 29 heavy (non-hydrogen) atoms. The molecular weight excluding hydrogens is 391 g/mol. The van der Waals surface area contributed by atoms with Crippen molar-refractivity contribution in [1.82, 2.24) is 4.98 Å².